The molecule has 1 aliphatic heterocycles. The van der Waals surface area contributed by atoms with Crippen molar-refractivity contribution in [2.45, 2.75) is 6.42 Å². The zero-order valence-corrected chi connectivity index (χ0v) is 15.2. The van der Waals surface area contributed by atoms with Crippen molar-refractivity contribution in [2.75, 3.05) is 37.6 Å². The van der Waals surface area contributed by atoms with Crippen LogP contribution in [0.3, 0.4) is 0 Å². The average Bonchev–Trinajstić information content (AvgIpc) is 2.69. The highest BCUT2D eigenvalue weighted by atomic mass is 35.5. The fraction of sp³-hybridized carbons (Fsp3) is 0.316. The molecule has 0 bridgehead atoms. The predicted molar refractivity (Wildman–Crippen MR) is 102 cm³/mol. The summed E-state index contributed by atoms with van der Waals surface area (Å²) in [4.78, 5) is 31.2. The zero-order valence-electron chi connectivity index (χ0n) is 14.4. The quantitative estimate of drug-likeness (QED) is 0.787. The maximum absolute atomic E-state index is 12.2. The molecule has 1 saturated heterocycles. The van der Waals surface area contributed by atoms with Crippen molar-refractivity contribution >= 4 is 29.7 Å². The van der Waals surface area contributed by atoms with Gasteiger partial charge in [0.15, 0.2) is 0 Å². The number of anilines is 1. The molecule has 6 nitrogen and oxygen atoms in total. The largest absolute Gasteiger partial charge is 0.353 e. The molecular formula is C19H21ClN4O2. The molecule has 2 aromatic rings. The van der Waals surface area contributed by atoms with Gasteiger partial charge in [0.25, 0.3) is 5.91 Å². The van der Waals surface area contributed by atoms with Crippen LogP contribution >= 0.6 is 11.6 Å². The van der Waals surface area contributed by atoms with Gasteiger partial charge < -0.3 is 15.1 Å². The van der Waals surface area contributed by atoms with Gasteiger partial charge in [0, 0.05) is 43.9 Å². The number of carbonyl (C=O) groups is 2. The summed E-state index contributed by atoms with van der Waals surface area (Å²) < 4.78 is 0. The van der Waals surface area contributed by atoms with Crippen molar-refractivity contribution in [1.29, 1.82) is 0 Å². The van der Waals surface area contributed by atoms with Crippen molar-refractivity contribution in [2.24, 2.45) is 0 Å². The van der Waals surface area contributed by atoms with Crippen molar-refractivity contribution in [3.8, 4) is 0 Å². The summed E-state index contributed by atoms with van der Waals surface area (Å²) in [5.74, 6) is 0.692. The molecule has 1 aliphatic rings. The Hall–Kier alpha value is -2.60. The minimum absolute atomic E-state index is 0.135. The molecule has 3 rings (SSSR count). The summed E-state index contributed by atoms with van der Waals surface area (Å²) >= 11 is 5.86. The van der Waals surface area contributed by atoms with Gasteiger partial charge in [-0.15, -0.1) is 0 Å². The van der Waals surface area contributed by atoms with E-state index in [0.717, 1.165) is 37.3 Å². The number of halogens is 1. The Morgan fingerprint density at radius 2 is 1.85 bits per heavy atom. The monoisotopic (exact) mass is 372 g/mol. The molecule has 1 aromatic carbocycles. The molecule has 7 heteroatoms. The van der Waals surface area contributed by atoms with Gasteiger partial charge in [-0.05, 0) is 36.2 Å². The van der Waals surface area contributed by atoms with Crippen LogP contribution in [-0.2, 0) is 11.2 Å². The highest BCUT2D eigenvalue weighted by molar-refractivity contribution is 6.30. The van der Waals surface area contributed by atoms with Crippen LogP contribution < -0.4 is 10.2 Å². The number of hydrogen-bond acceptors (Lipinski definition) is 4. The van der Waals surface area contributed by atoms with Gasteiger partial charge in [-0.1, -0.05) is 23.7 Å². The maximum atomic E-state index is 12.2. The van der Waals surface area contributed by atoms with E-state index in [1.807, 2.05) is 30.3 Å². The van der Waals surface area contributed by atoms with Gasteiger partial charge >= 0.3 is 0 Å². The Kier molecular flexibility index (Phi) is 6.07. The first-order valence-electron chi connectivity index (χ1n) is 8.59. The Morgan fingerprint density at radius 3 is 2.46 bits per heavy atom. The molecule has 2 amide bonds. The number of hydrogen-bond donors (Lipinski definition) is 1. The topological polar surface area (TPSA) is 65.5 Å². The molecule has 1 aromatic heterocycles. The van der Waals surface area contributed by atoms with Crippen LogP contribution in [0.25, 0.3) is 0 Å². The van der Waals surface area contributed by atoms with Crippen LogP contribution in [0.2, 0.25) is 5.02 Å². The Labute approximate surface area is 157 Å². The zero-order chi connectivity index (χ0) is 18.4. The second kappa shape index (κ2) is 8.67. The summed E-state index contributed by atoms with van der Waals surface area (Å²) in [5, 5.41) is 3.61. The Bertz CT molecular complexity index is 741. The number of amides is 2. The van der Waals surface area contributed by atoms with E-state index in [9.17, 15) is 9.59 Å². The van der Waals surface area contributed by atoms with Crippen LogP contribution in [0.4, 0.5) is 5.82 Å². The minimum atomic E-state index is -0.135. The van der Waals surface area contributed by atoms with Crippen molar-refractivity contribution in [3.05, 3.63) is 58.7 Å². The molecule has 0 unspecified atom stereocenters. The van der Waals surface area contributed by atoms with Crippen LogP contribution in [0.5, 0.6) is 0 Å². The summed E-state index contributed by atoms with van der Waals surface area (Å²) in [6.45, 7) is 3.43. The van der Waals surface area contributed by atoms with Gasteiger partial charge in [0.05, 0.1) is 5.56 Å². The minimum Gasteiger partial charge on any atom is -0.353 e. The lowest BCUT2D eigenvalue weighted by molar-refractivity contribution is -0.118. The van der Waals surface area contributed by atoms with E-state index in [-0.39, 0.29) is 5.91 Å². The first-order valence-corrected chi connectivity index (χ1v) is 8.96. The fourth-order valence-electron chi connectivity index (χ4n) is 2.84. The van der Waals surface area contributed by atoms with E-state index in [0.29, 0.717) is 30.2 Å². The van der Waals surface area contributed by atoms with Crippen LogP contribution in [0.1, 0.15) is 15.9 Å². The standard InChI is InChI=1S/C19H21ClN4O2/c20-17-4-1-15(2-5-17)7-8-21-19(26)16-3-6-18(22-13-16)24-11-9-23(14-25)10-12-24/h1-6,13-14H,7-12H2,(H,21,26). The van der Waals surface area contributed by atoms with Crippen LogP contribution in [0.15, 0.2) is 42.6 Å². The number of rotatable bonds is 6. The molecule has 136 valence electrons. The molecule has 1 N–H and O–H groups in total. The number of piperazine rings is 1. The number of nitrogens with zero attached hydrogens (tertiary/aromatic N) is 3. The van der Waals surface area contributed by atoms with Crippen LogP contribution in [-0.4, -0.2) is 54.9 Å². The van der Waals surface area contributed by atoms with E-state index >= 15 is 0 Å². The third kappa shape index (κ3) is 4.73. The highest BCUT2D eigenvalue weighted by Gasteiger charge is 2.17. The lowest BCUT2D eigenvalue weighted by Gasteiger charge is -2.33. The van der Waals surface area contributed by atoms with Crippen molar-refractivity contribution in [3.63, 3.8) is 0 Å². The Morgan fingerprint density at radius 1 is 1.12 bits per heavy atom. The molecule has 1 fully saturated rings. The first-order chi connectivity index (χ1) is 12.7. The molecule has 0 saturated carbocycles. The highest BCUT2D eigenvalue weighted by Crippen LogP contribution is 2.14. The molecular weight excluding hydrogens is 352 g/mol. The van der Waals surface area contributed by atoms with E-state index in [1.54, 1.807) is 17.2 Å². The lowest BCUT2D eigenvalue weighted by Crippen LogP contribution is -2.46. The molecule has 0 radical (unpaired) electrons. The molecule has 26 heavy (non-hydrogen) atoms. The molecule has 0 spiro atoms. The SMILES string of the molecule is O=CN1CCN(c2ccc(C(=O)NCCc3ccc(Cl)cc3)cn2)CC1. The number of pyridine rings is 1. The van der Waals surface area contributed by atoms with Crippen molar-refractivity contribution < 1.29 is 9.59 Å². The van der Waals surface area contributed by atoms with E-state index in [2.05, 4.69) is 15.2 Å². The summed E-state index contributed by atoms with van der Waals surface area (Å²) in [7, 11) is 0. The predicted octanol–water partition coefficient (Wildman–Crippen LogP) is 1.99. The van der Waals surface area contributed by atoms with E-state index in [4.69, 9.17) is 11.6 Å². The average molecular weight is 373 g/mol. The smallest absolute Gasteiger partial charge is 0.252 e. The number of carbonyl (C=O) groups excluding carboxylic acids is 2. The van der Waals surface area contributed by atoms with Gasteiger partial charge in [0.1, 0.15) is 5.82 Å². The van der Waals surface area contributed by atoms with Crippen molar-refractivity contribution in [1.82, 2.24) is 15.2 Å². The van der Waals surface area contributed by atoms with Gasteiger partial charge in [-0.3, -0.25) is 9.59 Å². The van der Waals surface area contributed by atoms with Gasteiger partial charge in [0.2, 0.25) is 6.41 Å². The Balaban J connectivity index is 1.49. The van der Waals surface area contributed by atoms with E-state index in [1.165, 1.54) is 0 Å². The molecule has 2 heterocycles. The second-order valence-corrected chi connectivity index (χ2v) is 6.60. The summed E-state index contributed by atoms with van der Waals surface area (Å²) in [6, 6.07) is 11.2. The maximum Gasteiger partial charge on any atom is 0.252 e. The lowest BCUT2D eigenvalue weighted by atomic mass is 10.1. The fourth-order valence-corrected chi connectivity index (χ4v) is 2.96. The van der Waals surface area contributed by atoms with Gasteiger partial charge in [-0.2, -0.15) is 0 Å². The number of nitrogens with one attached hydrogen (secondary N) is 1. The van der Waals surface area contributed by atoms with Gasteiger partial charge in [-0.25, -0.2) is 4.98 Å². The number of benzene rings is 1. The third-order valence-electron chi connectivity index (χ3n) is 4.41. The summed E-state index contributed by atoms with van der Waals surface area (Å²) in [6.07, 6.45) is 3.22. The third-order valence-corrected chi connectivity index (χ3v) is 4.66. The van der Waals surface area contributed by atoms with E-state index < -0.39 is 0 Å². The second-order valence-electron chi connectivity index (χ2n) is 6.17. The molecule has 0 aliphatic carbocycles. The normalized spacial score (nSPS) is 14.2. The summed E-state index contributed by atoms with van der Waals surface area (Å²) in [5.41, 5.74) is 1.66. The molecule has 0 atom stereocenters. The number of aromatic nitrogens is 1. The first kappa shape index (κ1) is 18.2. The van der Waals surface area contributed by atoms with Crippen LogP contribution in [0, 0.1) is 0 Å².